The lowest BCUT2D eigenvalue weighted by Crippen LogP contribution is -2.22. The monoisotopic (exact) mass is 245 g/mol. The number of rotatable bonds is 4. The fourth-order valence-corrected chi connectivity index (χ4v) is 3.08. The Hall–Kier alpha value is -1.31. The van der Waals surface area contributed by atoms with Crippen molar-refractivity contribution in [2.45, 2.75) is 46.0 Å². The van der Waals surface area contributed by atoms with Crippen molar-refractivity contribution in [1.29, 1.82) is 0 Å². The third-order valence-corrected chi connectivity index (χ3v) is 3.98. The standard InChI is InChI=1S/C16H23NO/c1-10-7-11(2)16(12(3)8-10)14(13-5-6-13)9-15(18)17-4/h7-8,13-14H,5-6,9H2,1-4H3,(H,17,18). The average molecular weight is 245 g/mol. The molecule has 0 aromatic heterocycles. The Morgan fingerprint density at radius 3 is 2.28 bits per heavy atom. The number of hydrogen-bond donors (Lipinski definition) is 1. The number of amides is 1. The minimum atomic E-state index is 0.159. The van der Waals surface area contributed by atoms with Crippen molar-refractivity contribution in [2.24, 2.45) is 5.92 Å². The van der Waals surface area contributed by atoms with E-state index in [1.165, 1.54) is 35.1 Å². The summed E-state index contributed by atoms with van der Waals surface area (Å²) in [5, 5.41) is 2.76. The molecular weight excluding hydrogens is 222 g/mol. The third kappa shape index (κ3) is 2.74. The van der Waals surface area contributed by atoms with E-state index < -0.39 is 0 Å². The van der Waals surface area contributed by atoms with Crippen LogP contribution in [0.1, 0.15) is 47.4 Å². The van der Waals surface area contributed by atoms with Gasteiger partial charge in [0.1, 0.15) is 0 Å². The van der Waals surface area contributed by atoms with Crippen molar-refractivity contribution in [1.82, 2.24) is 5.32 Å². The summed E-state index contributed by atoms with van der Waals surface area (Å²) in [7, 11) is 1.72. The van der Waals surface area contributed by atoms with Crippen LogP contribution in [0.4, 0.5) is 0 Å². The van der Waals surface area contributed by atoms with Crippen molar-refractivity contribution in [3.63, 3.8) is 0 Å². The quantitative estimate of drug-likeness (QED) is 0.867. The summed E-state index contributed by atoms with van der Waals surface area (Å²) in [4.78, 5) is 11.7. The Kier molecular flexibility index (Phi) is 3.74. The summed E-state index contributed by atoms with van der Waals surface area (Å²) in [6, 6.07) is 4.48. The second kappa shape index (κ2) is 5.13. The molecule has 1 unspecified atom stereocenters. The highest BCUT2D eigenvalue weighted by atomic mass is 16.1. The Balaban J connectivity index is 2.33. The highest BCUT2D eigenvalue weighted by Crippen LogP contribution is 2.46. The number of aryl methyl sites for hydroxylation is 3. The second-order valence-corrected chi connectivity index (χ2v) is 5.63. The summed E-state index contributed by atoms with van der Waals surface area (Å²) < 4.78 is 0. The summed E-state index contributed by atoms with van der Waals surface area (Å²) in [6.07, 6.45) is 3.18. The van der Waals surface area contributed by atoms with Gasteiger partial charge in [0.2, 0.25) is 5.91 Å². The molecular formula is C16H23NO. The van der Waals surface area contributed by atoms with Gasteiger partial charge in [0.05, 0.1) is 0 Å². The van der Waals surface area contributed by atoms with Crippen LogP contribution in [0.3, 0.4) is 0 Å². The predicted molar refractivity (Wildman–Crippen MR) is 74.8 cm³/mol. The van der Waals surface area contributed by atoms with Crippen molar-refractivity contribution < 1.29 is 4.79 Å². The maximum Gasteiger partial charge on any atom is 0.220 e. The normalized spacial score (nSPS) is 16.4. The average Bonchev–Trinajstić information content (AvgIpc) is 3.09. The lowest BCUT2D eigenvalue weighted by atomic mass is 9.84. The fourth-order valence-electron chi connectivity index (χ4n) is 3.08. The third-order valence-electron chi connectivity index (χ3n) is 3.98. The van der Waals surface area contributed by atoms with Gasteiger partial charge in [0, 0.05) is 13.5 Å². The minimum Gasteiger partial charge on any atom is -0.359 e. The van der Waals surface area contributed by atoms with E-state index in [0.29, 0.717) is 18.3 Å². The van der Waals surface area contributed by atoms with Gasteiger partial charge in [0.15, 0.2) is 0 Å². The molecule has 0 radical (unpaired) electrons. The molecule has 1 saturated carbocycles. The van der Waals surface area contributed by atoms with E-state index in [-0.39, 0.29) is 5.91 Å². The van der Waals surface area contributed by atoms with E-state index in [4.69, 9.17) is 0 Å². The number of hydrogen-bond acceptors (Lipinski definition) is 1. The summed E-state index contributed by atoms with van der Waals surface area (Å²) in [5.41, 5.74) is 5.40. The number of carbonyl (C=O) groups excluding carboxylic acids is 1. The molecule has 2 rings (SSSR count). The number of benzene rings is 1. The lowest BCUT2D eigenvalue weighted by molar-refractivity contribution is -0.121. The molecule has 18 heavy (non-hydrogen) atoms. The molecule has 1 fully saturated rings. The smallest absolute Gasteiger partial charge is 0.220 e. The summed E-state index contributed by atoms with van der Waals surface area (Å²) in [5.74, 6) is 1.28. The van der Waals surface area contributed by atoms with Crippen LogP contribution < -0.4 is 5.32 Å². The first-order valence-corrected chi connectivity index (χ1v) is 6.81. The zero-order valence-corrected chi connectivity index (χ0v) is 11.8. The van der Waals surface area contributed by atoms with Gasteiger partial charge in [-0.05, 0) is 62.1 Å². The van der Waals surface area contributed by atoms with Crippen LogP contribution in [0.2, 0.25) is 0 Å². The first-order chi connectivity index (χ1) is 8.52. The van der Waals surface area contributed by atoms with Gasteiger partial charge in [-0.15, -0.1) is 0 Å². The van der Waals surface area contributed by atoms with E-state index in [9.17, 15) is 4.79 Å². The SMILES string of the molecule is CNC(=O)CC(c1c(C)cc(C)cc1C)C1CC1. The van der Waals surface area contributed by atoms with E-state index in [1.54, 1.807) is 7.05 Å². The molecule has 2 heteroatoms. The molecule has 98 valence electrons. The molecule has 0 bridgehead atoms. The van der Waals surface area contributed by atoms with Gasteiger partial charge in [-0.3, -0.25) is 4.79 Å². The summed E-state index contributed by atoms with van der Waals surface area (Å²) in [6.45, 7) is 6.48. The van der Waals surface area contributed by atoms with Crippen LogP contribution in [0, 0.1) is 26.7 Å². The van der Waals surface area contributed by atoms with Gasteiger partial charge in [0.25, 0.3) is 0 Å². The highest BCUT2D eigenvalue weighted by Gasteiger charge is 2.35. The van der Waals surface area contributed by atoms with E-state index in [1.807, 2.05) is 0 Å². The zero-order chi connectivity index (χ0) is 13.3. The maximum absolute atomic E-state index is 11.7. The molecule has 1 aliphatic rings. The minimum absolute atomic E-state index is 0.159. The second-order valence-electron chi connectivity index (χ2n) is 5.63. The van der Waals surface area contributed by atoms with Crippen molar-refractivity contribution in [3.05, 3.63) is 34.4 Å². The van der Waals surface area contributed by atoms with Gasteiger partial charge >= 0.3 is 0 Å². The van der Waals surface area contributed by atoms with Gasteiger partial charge in [-0.2, -0.15) is 0 Å². The molecule has 1 aromatic rings. The Bertz CT molecular complexity index is 437. The van der Waals surface area contributed by atoms with E-state index >= 15 is 0 Å². The molecule has 0 spiro atoms. The van der Waals surface area contributed by atoms with E-state index in [2.05, 4.69) is 38.2 Å². The molecule has 0 heterocycles. The van der Waals surface area contributed by atoms with Gasteiger partial charge < -0.3 is 5.32 Å². The van der Waals surface area contributed by atoms with Crippen LogP contribution in [-0.2, 0) is 4.79 Å². The first-order valence-electron chi connectivity index (χ1n) is 6.81. The molecule has 2 nitrogen and oxygen atoms in total. The topological polar surface area (TPSA) is 29.1 Å². The lowest BCUT2D eigenvalue weighted by Gasteiger charge is -2.21. The molecule has 1 aliphatic carbocycles. The van der Waals surface area contributed by atoms with Crippen LogP contribution in [0.25, 0.3) is 0 Å². The fraction of sp³-hybridized carbons (Fsp3) is 0.562. The Labute approximate surface area is 110 Å². The van der Waals surface area contributed by atoms with Crippen LogP contribution >= 0.6 is 0 Å². The first kappa shape index (κ1) is 13.1. The maximum atomic E-state index is 11.7. The molecule has 0 saturated heterocycles. The van der Waals surface area contributed by atoms with Crippen LogP contribution in [0.15, 0.2) is 12.1 Å². The van der Waals surface area contributed by atoms with Crippen LogP contribution in [0.5, 0.6) is 0 Å². The van der Waals surface area contributed by atoms with Crippen LogP contribution in [-0.4, -0.2) is 13.0 Å². The number of carbonyl (C=O) groups is 1. The van der Waals surface area contributed by atoms with Crippen molar-refractivity contribution in [2.75, 3.05) is 7.05 Å². The molecule has 1 N–H and O–H groups in total. The summed E-state index contributed by atoms with van der Waals surface area (Å²) >= 11 is 0. The molecule has 1 aromatic carbocycles. The number of nitrogens with one attached hydrogen (secondary N) is 1. The van der Waals surface area contributed by atoms with Crippen molar-refractivity contribution >= 4 is 5.91 Å². The Morgan fingerprint density at radius 2 is 1.83 bits per heavy atom. The van der Waals surface area contributed by atoms with E-state index in [0.717, 1.165) is 0 Å². The predicted octanol–water partition coefficient (Wildman–Crippen LogP) is 3.24. The van der Waals surface area contributed by atoms with Crippen molar-refractivity contribution in [3.8, 4) is 0 Å². The molecule has 1 atom stereocenters. The largest absolute Gasteiger partial charge is 0.359 e. The van der Waals surface area contributed by atoms with Gasteiger partial charge in [-0.25, -0.2) is 0 Å². The van der Waals surface area contributed by atoms with Gasteiger partial charge in [-0.1, -0.05) is 17.7 Å². The Morgan fingerprint density at radius 1 is 1.28 bits per heavy atom. The molecule has 1 amide bonds. The zero-order valence-electron chi connectivity index (χ0n) is 11.8. The highest BCUT2D eigenvalue weighted by molar-refractivity contribution is 5.76. The molecule has 0 aliphatic heterocycles.